The molecule has 16 N–H and O–H groups in total. The normalized spacial score (nSPS) is 14.5. The number of hydrogen-bond acceptors (Lipinski definition) is 9. The van der Waals surface area contributed by atoms with E-state index in [0.717, 1.165) is 0 Å². The number of aliphatic hydroxyl groups is 1. The number of nitrogens with zero attached hydrogens (tertiary/aromatic N) is 2. The summed E-state index contributed by atoms with van der Waals surface area (Å²) < 4.78 is 0. The molecule has 18 heteroatoms. The monoisotopic (exact) mass is 546 g/mol. The number of aliphatic carboxylic acids is 2. The highest BCUT2D eigenvalue weighted by atomic mass is 16.4. The van der Waals surface area contributed by atoms with Crippen LogP contribution >= 0.6 is 0 Å². The second-order valence-corrected chi connectivity index (χ2v) is 8.28. The highest BCUT2D eigenvalue weighted by Gasteiger charge is 2.32. The lowest BCUT2D eigenvalue weighted by molar-refractivity contribution is -0.143. The van der Waals surface area contributed by atoms with E-state index >= 15 is 0 Å². The lowest BCUT2D eigenvalue weighted by Gasteiger charge is -2.25. The Kier molecular flexibility index (Phi) is 15.4. The van der Waals surface area contributed by atoms with Crippen molar-refractivity contribution in [2.45, 2.75) is 69.3 Å². The molecule has 0 aromatic rings. The van der Waals surface area contributed by atoms with Crippen LogP contribution in [0.4, 0.5) is 0 Å². The van der Waals surface area contributed by atoms with E-state index in [2.05, 4.69) is 25.9 Å². The largest absolute Gasteiger partial charge is 0.481 e. The number of rotatable bonds is 18. The highest BCUT2D eigenvalue weighted by Crippen LogP contribution is 2.05. The van der Waals surface area contributed by atoms with Crippen molar-refractivity contribution in [3.8, 4) is 0 Å². The van der Waals surface area contributed by atoms with Gasteiger partial charge in [0.2, 0.25) is 17.7 Å². The zero-order valence-corrected chi connectivity index (χ0v) is 21.0. The third-order valence-corrected chi connectivity index (χ3v) is 4.97. The molecule has 0 aliphatic heterocycles. The van der Waals surface area contributed by atoms with E-state index in [4.69, 9.17) is 33.8 Å². The molecule has 5 atom stereocenters. The minimum atomic E-state index is -1.66. The number of aliphatic hydroxyl groups excluding tert-OH is 1. The molecule has 0 heterocycles. The molecular weight excluding hydrogens is 508 g/mol. The molecule has 0 bridgehead atoms. The van der Waals surface area contributed by atoms with Crippen LogP contribution in [0.25, 0.3) is 0 Å². The Hall–Kier alpha value is -4.19. The smallest absolute Gasteiger partial charge is 0.326 e. The molecular formula is C20H38N10O8. The van der Waals surface area contributed by atoms with Crippen LogP contribution in [0.1, 0.15) is 39.0 Å². The molecule has 0 rings (SSSR count). The Morgan fingerprint density at radius 3 is 1.58 bits per heavy atom. The topological polar surface area (TPSA) is 337 Å². The maximum atomic E-state index is 12.9. The zero-order chi connectivity index (χ0) is 29.4. The molecule has 0 spiro atoms. The molecule has 0 aliphatic carbocycles. The second-order valence-electron chi connectivity index (χ2n) is 8.28. The first-order chi connectivity index (χ1) is 17.6. The van der Waals surface area contributed by atoms with Gasteiger partial charge in [-0.15, -0.1) is 0 Å². The number of aliphatic imine (C=N–C) groups is 2. The van der Waals surface area contributed by atoms with Crippen molar-refractivity contribution < 1.29 is 39.3 Å². The van der Waals surface area contributed by atoms with E-state index in [1.54, 1.807) is 0 Å². The van der Waals surface area contributed by atoms with Gasteiger partial charge in [0.15, 0.2) is 11.9 Å². The fourth-order valence-corrected chi connectivity index (χ4v) is 2.95. The Balaban J connectivity index is 5.66. The predicted molar refractivity (Wildman–Crippen MR) is 135 cm³/mol. The third-order valence-electron chi connectivity index (χ3n) is 4.97. The first-order valence-electron chi connectivity index (χ1n) is 11.6. The van der Waals surface area contributed by atoms with Gasteiger partial charge >= 0.3 is 11.9 Å². The third kappa shape index (κ3) is 14.4. The molecule has 5 unspecified atom stereocenters. The fraction of sp³-hybridized carbons (Fsp3) is 0.650. The molecule has 0 aliphatic rings. The van der Waals surface area contributed by atoms with Crippen molar-refractivity contribution in [3.05, 3.63) is 0 Å². The molecule has 0 aromatic carbocycles. The molecule has 0 radical (unpaired) electrons. The number of hydrogen-bond donors (Lipinski definition) is 11. The molecule has 0 aromatic heterocycles. The van der Waals surface area contributed by atoms with E-state index in [1.165, 1.54) is 6.92 Å². The van der Waals surface area contributed by atoms with E-state index in [9.17, 15) is 34.2 Å². The first-order valence-corrected chi connectivity index (χ1v) is 11.6. The van der Waals surface area contributed by atoms with Crippen molar-refractivity contribution in [1.29, 1.82) is 0 Å². The van der Waals surface area contributed by atoms with Crippen LogP contribution in [-0.4, -0.2) is 100 Å². The van der Waals surface area contributed by atoms with Crippen LogP contribution in [0.15, 0.2) is 9.98 Å². The molecule has 0 saturated carbocycles. The number of carboxylic acid groups (broad SMARTS) is 2. The van der Waals surface area contributed by atoms with Crippen LogP contribution < -0.4 is 44.6 Å². The van der Waals surface area contributed by atoms with Crippen molar-refractivity contribution in [1.82, 2.24) is 16.0 Å². The Morgan fingerprint density at radius 2 is 1.16 bits per heavy atom. The van der Waals surface area contributed by atoms with E-state index in [1.807, 2.05) is 0 Å². The number of nitrogens with two attached hydrogens (primary N) is 5. The molecule has 3 amide bonds. The van der Waals surface area contributed by atoms with Crippen molar-refractivity contribution >= 4 is 41.6 Å². The number of carbonyl (C=O) groups is 5. The molecule has 0 fully saturated rings. The molecule has 216 valence electrons. The predicted octanol–water partition coefficient (Wildman–Crippen LogP) is -5.18. The summed E-state index contributed by atoms with van der Waals surface area (Å²) in [4.78, 5) is 68.4. The number of carboxylic acids is 2. The lowest BCUT2D eigenvalue weighted by atomic mass is 10.1. The van der Waals surface area contributed by atoms with Gasteiger partial charge in [0.1, 0.15) is 24.2 Å². The van der Waals surface area contributed by atoms with Crippen LogP contribution in [0.2, 0.25) is 0 Å². The summed E-state index contributed by atoms with van der Waals surface area (Å²) in [7, 11) is 0. The second kappa shape index (κ2) is 17.3. The molecule has 38 heavy (non-hydrogen) atoms. The van der Waals surface area contributed by atoms with Crippen molar-refractivity contribution in [2.24, 2.45) is 38.7 Å². The first kappa shape index (κ1) is 33.8. The number of nitrogens with one attached hydrogen (secondary N) is 3. The minimum absolute atomic E-state index is 0.0402. The van der Waals surface area contributed by atoms with E-state index in [0.29, 0.717) is 0 Å². The molecule has 0 saturated heterocycles. The molecule has 18 nitrogen and oxygen atoms in total. The SMILES string of the molecule is CC(O)C(N)C(=O)NC(CC(=O)O)C(=O)NC(CCCN=C(N)N)C(=O)NC(CCCN=C(N)N)C(=O)O. The average molecular weight is 547 g/mol. The Labute approximate surface area is 218 Å². The fourth-order valence-electron chi connectivity index (χ4n) is 2.95. The summed E-state index contributed by atoms with van der Waals surface area (Å²) in [5.41, 5.74) is 26.5. The van der Waals surface area contributed by atoms with Gasteiger partial charge in [0, 0.05) is 13.1 Å². The average Bonchev–Trinajstić information content (AvgIpc) is 2.80. The minimum Gasteiger partial charge on any atom is -0.481 e. The summed E-state index contributed by atoms with van der Waals surface area (Å²) in [6.07, 6.45) is -1.89. The lowest BCUT2D eigenvalue weighted by Crippen LogP contribution is -2.58. The maximum Gasteiger partial charge on any atom is 0.326 e. The summed E-state index contributed by atoms with van der Waals surface area (Å²) in [6.45, 7) is 1.41. The zero-order valence-electron chi connectivity index (χ0n) is 21.0. The van der Waals surface area contributed by atoms with Gasteiger partial charge in [-0.1, -0.05) is 0 Å². The van der Waals surface area contributed by atoms with E-state index < -0.39 is 66.4 Å². The number of guanidine groups is 2. The van der Waals surface area contributed by atoms with Gasteiger partial charge in [-0.2, -0.15) is 0 Å². The van der Waals surface area contributed by atoms with Gasteiger partial charge in [-0.3, -0.25) is 29.2 Å². The number of carbonyl (C=O) groups excluding carboxylic acids is 3. The van der Waals surface area contributed by atoms with Gasteiger partial charge in [0.25, 0.3) is 0 Å². The maximum absolute atomic E-state index is 12.9. The van der Waals surface area contributed by atoms with Crippen LogP contribution in [0.3, 0.4) is 0 Å². The van der Waals surface area contributed by atoms with Crippen LogP contribution in [-0.2, 0) is 24.0 Å². The van der Waals surface area contributed by atoms with Crippen molar-refractivity contribution in [2.75, 3.05) is 13.1 Å². The van der Waals surface area contributed by atoms with Crippen LogP contribution in [0.5, 0.6) is 0 Å². The van der Waals surface area contributed by atoms with Crippen molar-refractivity contribution in [3.63, 3.8) is 0 Å². The summed E-state index contributed by atoms with van der Waals surface area (Å²) in [5, 5.41) is 34.9. The van der Waals surface area contributed by atoms with Gasteiger partial charge in [-0.05, 0) is 32.6 Å². The summed E-state index contributed by atoms with van der Waals surface area (Å²) in [6, 6.07) is -5.82. The number of amides is 3. The van der Waals surface area contributed by atoms with Gasteiger partial charge < -0.3 is 59.9 Å². The Morgan fingerprint density at radius 1 is 0.737 bits per heavy atom. The highest BCUT2D eigenvalue weighted by molar-refractivity contribution is 5.95. The van der Waals surface area contributed by atoms with Gasteiger partial charge in [-0.25, -0.2) is 4.79 Å². The summed E-state index contributed by atoms with van der Waals surface area (Å²) >= 11 is 0. The standard InChI is InChI=1S/C20H38N10O8/c1-9(31)14(21)17(36)30-12(8-13(32)33)16(35)28-10(4-2-6-26-19(22)23)15(34)29-11(18(37)38)5-3-7-27-20(24)25/h9-12,14,31H,2-8,21H2,1H3,(H,28,35)(H,29,34)(H,30,36)(H,32,33)(H,37,38)(H4,22,23,26)(H4,24,25,27). The van der Waals surface area contributed by atoms with E-state index in [-0.39, 0.29) is 50.7 Å². The Bertz CT molecular complexity index is 887. The van der Waals surface area contributed by atoms with Gasteiger partial charge in [0.05, 0.1) is 12.5 Å². The van der Waals surface area contributed by atoms with Crippen LogP contribution in [0, 0.1) is 0 Å². The summed E-state index contributed by atoms with van der Waals surface area (Å²) in [5.74, 6) is -6.13. The quantitative estimate of drug-likeness (QED) is 0.0435.